The number of nitro benzene ring substituents is 1. The van der Waals surface area contributed by atoms with Gasteiger partial charge in [0, 0.05) is 22.8 Å². The number of imide groups is 1. The normalized spacial score (nSPS) is 13.7. The highest BCUT2D eigenvalue weighted by atomic mass is 35.5. The zero-order valence-corrected chi connectivity index (χ0v) is 18.1. The fourth-order valence-electron chi connectivity index (χ4n) is 3.39. The Morgan fingerprint density at radius 1 is 0.875 bits per heavy atom. The smallest absolute Gasteiger partial charge is 0.282 e. The van der Waals surface area contributed by atoms with Crippen molar-refractivity contribution in [2.75, 3.05) is 10.2 Å². The summed E-state index contributed by atoms with van der Waals surface area (Å²) in [5, 5.41) is 14.8. The highest BCUT2D eigenvalue weighted by Crippen LogP contribution is 2.37. The van der Waals surface area contributed by atoms with Crippen LogP contribution in [0.2, 0.25) is 10.0 Å². The van der Waals surface area contributed by atoms with Gasteiger partial charge in [0.25, 0.3) is 17.5 Å². The van der Waals surface area contributed by atoms with E-state index in [1.807, 2.05) is 0 Å². The first kappa shape index (κ1) is 21.5. The van der Waals surface area contributed by atoms with Gasteiger partial charge in [-0.3, -0.25) is 19.7 Å². The van der Waals surface area contributed by atoms with Gasteiger partial charge in [0.1, 0.15) is 5.70 Å². The van der Waals surface area contributed by atoms with Crippen LogP contribution >= 0.6 is 23.2 Å². The molecule has 0 fully saturated rings. The highest BCUT2D eigenvalue weighted by molar-refractivity contribution is 6.48. The summed E-state index contributed by atoms with van der Waals surface area (Å²) in [5.41, 5.74) is 1.80. The molecule has 0 saturated carbocycles. The molecule has 0 aliphatic carbocycles. The van der Waals surface area contributed by atoms with E-state index in [-0.39, 0.29) is 27.7 Å². The number of hydrogen-bond donors (Lipinski definition) is 1. The monoisotopic (exact) mass is 467 g/mol. The second kappa shape index (κ2) is 8.45. The number of amides is 2. The van der Waals surface area contributed by atoms with Crippen molar-refractivity contribution < 1.29 is 14.5 Å². The minimum atomic E-state index is -0.601. The Balaban J connectivity index is 1.86. The van der Waals surface area contributed by atoms with Crippen LogP contribution in [0, 0.1) is 17.0 Å². The van der Waals surface area contributed by atoms with Gasteiger partial charge in [0.2, 0.25) is 0 Å². The summed E-state index contributed by atoms with van der Waals surface area (Å²) < 4.78 is 0. The summed E-state index contributed by atoms with van der Waals surface area (Å²) in [7, 11) is 0. The van der Waals surface area contributed by atoms with Crippen molar-refractivity contribution in [3.8, 4) is 0 Å². The number of nitro groups is 1. The molecule has 1 aliphatic heterocycles. The van der Waals surface area contributed by atoms with E-state index in [4.69, 9.17) is 23.2 Å². The third kappa shape index (κ3) is 3.72. The molecular formula is C23H15Cl2N3O4. The van der Waals surface area contributed by atoms with Gasteiger partial charge in [-0.15, -0.1) is 0 Å². The summed E-state index contributed by atoms with van der Waals surface area (Å²) in [6.45, 7) is 1.78. The maximum atomic E-state index is 13.4. The number of nitrogens with one attached hydrogen (secondary N) is 1. The number of para-hydroxylation sites is 1. The van der Waals surface area contributed by atoms with Crippen LogP contribution in [0.1, 0.15) is 11.1 Å². The summed E-state index contributed by atoms with van der Waals surface area (Å²) in [5.74, 6) is -1.20. The maximum absolute atomic E-state index is 13.4. The Morgan fingerprint density at radius 2 is 1.53 bits per heavy atom. The van der Waals surface area contributed by atoms with Crippen molar-refractivity contribution in [2.24, 2.45) is 0 Å². The Kier molecular flexibility index (Phi) is 5.69. The predicted molar refractivity (Wildman–Crippen MR) is 124 cm³/mol. The fourth-order valence-corrected chi connectivity index (χ4v) is 3.79. The average Bonchev–Trinajstić information content (AvgIpc) is 3.01. The first-order valence-electron chi connectivity index (χ1n) is 9.44. The average molecular weight is 468 g/mol. The van der Waals surface area contributed by atoms with Crippen molar-refractivity contribution in [1.29, 1.82) is 0 Å². The Morgan fingerprint density at radius 3 is 2.19 bits per heavy atom. The van der Waals surface area contributed by atoms with E-state index in [9.17, 15) is 19.7 Å². The van der Waals surface area contributed by atoms with Gasteiger partial charge in [0.15, 0.2) is 0 Å². The maximum Gasteiger partial charge on any atom is 0.282 e. The van der Waals surface area contributed by atoms with E-state index in [1.165, 1.54) is 24.3 Å². The lowest BCUT2D eigenvalue weighted by Crippen LogP contribution is -2.32. The van der Waals surface area contributed by atoms with Gasteiger partial charge in [0.05, 0.1) is 21.2 Å². The summed E-state index contributed by atoms with van der Waals surface area (Å²) in [6.07, 6.45) is 0. The van der Waals surface area contributed by atoms with Gasteiger partial charge in [-0.2, -0.15) is 0 Å². The first-order chi connectivity index (χ1) is 15.3. The van der Waals surface area contributed by atoms with Crippen LogP contribution in [0.5, 0.6) is 0 Å². The molecule has 1 aliphatic rings. The van der Waals surface area contributed by atoms with Gasteiger partial charge < -0.3 is 5.32 Å². The lowest BCUT2D eigenvalue weighted by Gasteiger charge is -2.17. The molecular weight excluding hydrogens is 453 g/mol. The molecule has 3 aromatic rings. The minimum Gasteiger partial charge on any atom is -0.350 e. The molecule has 160 valence electrons. The fraction of sp³-hybridized carbons (Fsp3) is 0.0435. The Bertz CT molecular complexity index is 1300. The van der Waals surface area contributed by atoms with Crippen molar-refractivity contribution in [1.82, 2.24) is 0 Å². The van der Waals surface area contributed by atoms with E-state index in [2.05, 4.69) is 5.32 Å². The standard InChI is InChI=1S/C23H15Cl2N3O4/c1-13-16(24)6-4-7-18(13)26-21-20(14-9-11-15(12-10-14)28(31)32)22(29)27(23(21)30)19-8-3-2-5-17(19)25/h2-12,26H,1H3. The Labute approximate surface area is 193 Å². The number of rotatable bonds is 5. The van der Waals surface area contributed by atoms with Crippen LogP contribution in [0.3, 0.4) is 0 Å². The van der Waals surface area contributed by atoms with E-state index < -0.39 is 16.7 Å². The van der Waals surface area contributed by atoms with E-state index >= 15 is 0 Å². The number of halogens is 2. The summed E-state index contributed by atoms with van der Waals surface area (Å²) >= 11 is 12.5. The molecule has 0 aromatic heterocycles. The third-order valence-corrected chi connectivity index (χ3v) is 5.80. The molecule has 1 N–H and O–H groups in total. The second-order valence-electron chi connectivity index (χ2n) is 6.99. The van der Waals surface area contributed by atoms with Crippen molar-refractivity contribution in [3.05, 3.63) is 104 Å². The number of carbonyl (C=O) groups is 2. The largest absolute Gasteiger partial charge is 0.350 e. The summed E-state index contributed by atoms with van der Waals surface area (Å²) in [6, 6.07) is 17.1. The number of benzene rings is 3. The van der Waals surface area contributed by atoms with Crippen LogP contribution in [0.4, 0.5) is 17.1 Å². The molecule has 0 atom stereocenters. The number of non-ortho nitro benzene ring substituents is 1. The number of anilines is 2. The number of nitrogens with zero attached hydrogens (tertiary/aromatic N) is 2. The number of hydrogen-bond acceptors (Lipinski definition) is 5. The van der Waals surface area contributed by atoms with Gasteiger partial charge in [-0.1, -0.05) is 41.4 Å². The number of carbonyl (C=O) groups excluding carboxylic acids is 2. The van der Waals surface area contributed by atoms with Gasteiger partial charge >= 0.3 is 0 Å². The van der Waals surface area contributed by atoms with E-state index in [0.717, 1.165) is 4.90 Å². The van der Waals surface area contributed by atoms with Crippen molar-refractivity contribution in [3.63, 3.8) is 0 Å². The van der Waals surface area contributed by atoms with Crippen LogP contribution in [-0.2, 0) is 9.59 Å². The van der Waals surface area contributed by atoms with Crippen molar-refractivity contribution in [2.45, 2.75) is 6.92 Å². The molecule has 0 bridgehead atoms. The molecule has 1 heterocycles. The van der Waals surface area contributed by atoms with Crippen molar-refractivity contribution >= 4 is 57.7 Å². The van der Waals surface area contributed by atoms with Gasteiger partial charge in [-0.05, 0) is 54.4 Å². The van der Waals surface area contributed by atoms with Crippen LogP contribution < -0.4 is 10.2 Å². The molecule has 4 rings (SSSR count). The molecule has 7 nitrogen and oxygen atoms in total. The second-order valence-corrected chi connectivity index (χ2v) is 7.80. The van der Waals surface area contributed by atoms with Crippen LogP contribution in [0.25, 0.3) is 5.57 Å². The zero-order valence-electron chi connectivity index (χ0n) is 16.6. The van der Waals surface area contributed by atoms with Crippen LogP contribution in [-0.4, -0.2) is 16.7 Å². The van der Waals surface area contributed by atoms with E-state index in [0.29, 0.717) is 21.8 Å². The van der Waals surface area contributed by atoms with Crippen LogP contribution in [0.15, 0.2) is 72.4 Å². The highest BCUT2D eigenvalue weighted by Gasteiger charge is 2.41. The lowest BCUT2D eigenvalue weighted by molar-refractivity contribution is -0.384. The molecule has 0 saturated heterocycles. The first-order valence-corrected chi connectivity index (χ1v) is 10.2. The minimum absolute atomic E-state index is 0.0224. The predicted octanol–water partition coefficient (Wildman–Crippen LogP) is 5.61. The molecule has 3 aromatic carbocycles. The summed E-state index contributed by atoms with van der Waals surface area (Å²) in [4.78, 5) is 38.3. The molecule has 2 amide bonds. The Hall–Kier alpha value is -3.68. The molecule has 9 heteroatoms. The molecule has 0 spiro atoms. The quantitative estimate of drug-likeness (QED) is 0.299. The molecule has 0 unspecified atom stereocenters. The third-order valence-electron chi connectivity index (χ3n) is 5.07. The molecule has 0 radical (unpaired) electrons. The zero-order chi connectivity index (χ0) is 23.0. The SMILES string of the molecule is Cc1c(Cl)cccc1NC1=C(c2ccc([N+](=O)[O-])cc2)C(=O)N(c2ccccc2Cl)C1=O. The topological polar surface area (TPSA) is 92.6 Å². The lowest BCUT2D eigenvalue weighted by atomic mass is 10.0. The molecule has 32 heavy (non-hydrogen) atoms. The van der Waals surface area contributed by atoms with E-state index in [1.54, 1.807) is 49.4 Å². The van der Waals surface area contributed by atoms with Gasteiger partial charge in [-0.25, -0.2) is 4.90 Å².